The van der Waals surface area contributed by atoms with Crippen molar-refractivity contribution in [3.63, 3.8) is 0 Å². The number of pyridine rings is 1. The lowest BCUT2D eigenvalue weighted by Crippen LogP contribution is -2.06. The van der Waals surface area contributed by atoms with Gasteiger partial charge in [-0.1, -0.05) is 22.0 Å². The molecule has 1 heterocycles. The minimum absolute atomic E-state index is 0.187. The van der Waals surface area contributed by atoms with E-state index in [0.717, 1.165) is 5.69 Å². The Labute approximate surface area is 119 Å². The molecule has 19 heavy (non-hydrogen) atoms. The Morgan fingerprint density at radius 3 is 2.79 bits per heavy atom. The zero-order valence-electron chi connectivity index (χ0n) is 10.5. The first-order chi connectivity index (χ1) is 9.19. The Bertz CT molecular complexity index is 546. The molecule has 1 N–H and O–H groups in total. The summed E-state index contributed by atoms with van der Waals surface area (Å²) >= 11 is 3.22. The van der Waals surface area contributed by atoms with Crippen LogP contribution < -0.4 is 10.1 Å². The monoisotopic (exact) mass is 324 g/mol. The van der Waals surface area contributed by atoms with Gasteiger partial charge in [0.15, 0.2) is 0 Å². The highest BCUT2D eigenvalue weighted by molar-refractivity contribution is 9.10. The highest BCUT2D eigenvalue weighted by Gasteiger charge is 2.04. The number of hydrogen-bond acceptors (Lipinski definition) is 3. The average molecular weight is 325 g/mol. The van der Waals surface area contributed by atoms with E-state index in [-0.39, 0.29) is 12.4 Å². The second-order valence-electron chi connectivity index (χ2n) is 4.04. The van der Waals surface area contributed by atoms with Gasteiger partial charge in [-0.2, -0.15) is 0 Å². The number of hydrogen-bond donors (Lipinski definition) is 1. The van der Waals surface area contributed by atoms with Gasteiger partial charge in [0.2, 0.25) is 0 Å². The minimum Gasteiger partial charge on any atom is -0.487 e. The van der Waals surface area contributed by atoms with Crippen LogP contribution in [0.2, 0.25) is 0 Å². The molecule has 0 spiro atoms. The molecule has 0 fully saturated rings. The molecule has 5 heteroatoms. The number of rotatable bonds is 5. The van der Waals surface area contributed by atoms with E-state index in [1.165, 1.54) is 6.07 Å². The molecule has 3 nitrogen and oxygen atoms in total. The Balaban J connectivity index is 1.98. The van der Waals surface area contributed by atoms with Gasteiger partial charge in [0.05, 0.1) is 11.9 Å². The Kier molecular flexibility index (Phi) is 4.87. The predicted octanol–water partition coefficient (Wildman–Crippen LogP) is 3.28. The molecule has 1 aromatic carbocycles. The number of ether oxygens (including phenoxy) is 1. The summed E-state index contributed by atoms with van der Waals surface area (Å²) in [7, 11) is 1.86. The molecule has 0 amide bonds. The fourth-order valence-electron chi connectivity index (χ4n) is 1.58. The van der Waals surface area contributed by atoms with Crippen LogP contribution >= 0.6 is 15.9 Å². The SMILES string of the molecule is CNCc1ccc(OCc2ccc(Br)cc2F)cn1. The number of aromatic nitrogens is 1. The lowest BCUT2D eigenvalue weighted by Gasteiger charge is -2.08. The van der Waals surface area contributed by atoms with Gasteiger partial charge in [-0.05, 0) is 31.3 Å². The molecular weight excluding hydrogens is 311 g/mol. The lowest BCUT2D eigenvalue weighted by atomic mass is 10.2. The molecule has 0 aliphatic carbocycles. The molecule has 0 radical (unpaired) electrons. The summed E-state index contributed by atoms with van der Waals surface area (Å²) in [5.41, 5.74) is 1.45. The third-order valence-electron chi connectivity index (χ3n) is 2.56. The van der Waals surface area contributed by atoms with E-state index in [1.807, 2.05) is 19.2 Å². The van der Waals surface area contributed by atoms with E-state index in [0.29, 0.717) is 22.3 Å². The standard InChI is InChI=1S/C14H14BrFN2O/c1-17-7-12-4-5-13(8-18-12)19-9-10-2-3-11(15)6-14(10)16/h2-6,8,17H,7,9H2,1H3. The van der Waals surface area contributed by atoms with Crippen LogP contribution in [0.25, 0.3) is 0 Å². The summed E-state index contributed by atoms with van der Waals surface area (Å²) in [6.45, 7) is 0.897. The summed E-state index contributed by atoms with van der Waals surface area (Å²) < 4.78 is 19.8. The van der Waals surface area contributed by atoms with Crippen molar-refractivity contribution in [2.75, 3.05) is 7.05 Å². The first-order valence-electron chi connectivity index (χ1n) is 5.85. The van der Waals surface area contributed by atoms with Crippen molar-refractivity contribution in [1.82, 2.24) is 10.3 Å². The minimum atomic E-state index is -0.283. The molecule has 2 rings (SSSR count). The molecule has 2 aromatic rings. The van der Waals surface area contributed by atoms with E-state index in [9.17, 15) is 4.39 Å². The normalized spacial score (nSPS) is 10.5. The van der Waals surface area contributed by atoms with Gasteiger partial charge in [0.1, 0.15) is 18.2 Å². The molecule has 0 bridgehead atoms. The summed E-state index contributed by atoms with van der Waals surface area (Å²) in [6, 6.07) is 8.62. The third-order valence-corrected chi connectivity index (χ3v) is 3.06. The van der Waals surface area contributed by atoms with Gasteiger partial charge in [-0.15, -0.1) is 0 Å². The van der Waals surface area contributed by atoms with Gasteiger partial charge in [0.25, 0.3) is 0 Å². The first-order valence-corrected chi connectivity index (χ1v) is 6.64. The largest absolute Gasteiger partial charge is 0.487 e. The molecule has 0 saturated carbocycles. The van der Waals surface area contributed by atoms with Crippen molar-refractivity contribution >= 4 is 15.9 Å². The maximum Gasteiger partial charge on any atom is 0.138 e. The van der Waals surface area contributed by atoms with E-state index in [2.05, 4.69) is 26.2 Å². The molecule has 0 aliphatic rings. The quantitative estimate of drug-likeness (QED) is 0.916. The van der Waals surface area contributed by atoms with Crippen LogP contribution in [-0.2, 0) is 13.2 Å². The number of nitrogens with zero attached hydrogens (tertiary/aromatic N) is 1. The van der Waals surface area contributed by atoms with Crippen LogP contribution in [0.15, 0.2) is 41.0 Å². The molecule has 0 saturated heterocycles. The highest BCUT2D eigenvalue weighted by atomic mass is 79.9. The van der Waals surface area contributed by atoms with Gasteiger partial charge in [-0.25, -0.2) is 4.39 Å². The van der Waals surface area contributed by atoms with Crippen molar-refractivity contribution in [2.24, 2.45) is 0 Å². The summed E-state index contributed by atoms with van der Waals surface area (Å²) in [4.78, 5) is 4.23. The number of nitrogens with one attached hydrogen (secondary N) is 1. The zero-order chi connectivity index (χ0) is 13.7. The van der Waals surface area contributed by atoms with Crippen molar-refractivity contribution in [2.45, 2.75) is 13.2 Å². The fourth-order valence-corrected chi connectivity index (χ4v) is 1.91. The van der Waals surface area contributed by atoms with Crippen LogP contribution in [0.3, 0.4) is 0 Å². The van der Waals surface area contributed by atoms with Crippen LogP contribution in [0.1, 0.15) is 11.3 Å². The van der Waals surface area contributed by atoms with E-state index in [1.54, 1.807) is 18.3 Å². The molecule has 1 aromatic heterocycles. The van der Waals surface area contributed by atoms with Gasteiger partial charge < -0.3 is 10.1 Å². The Morgan fingerprint density at radius 1 is 1.32 bits per heavy atom. The molecule has 0 unspecified atom stereocenters. The summed E-state index contributed by atoms with van der Waals surface area (Å²) in [6.07, 6.45) is 1.64. The highest BCUT2D eigenvalue weighted by Crippen LogP contribution is 2.17. The van der Waals surface area contributed by atoms with E-state index < -0.39 is 0 Å². The van der Waals surface area contributed by atoms with Gasteiger partial charge in [0, 0.05) is 16.6 Å². The van der Waals surface area contributed by atoms with Crippen molar-refractivity contribution in [1.29, 1.82) is 0 Å². The van der Waals surface area contributed by atoms with Crippen LogP contribution in [0.4, 0.5) is 4.39 Å². The smallest absolute Gasteiger partial charge is 0.138 e. The van der Waals surface area contributed by atoms with Gasteiger partial charge in [-0.3, -0.25) is 4.98 Å². The van der Waals surface area contributed by atoms with Crippen LogP contribution in [-0.4, -0.2) is 12.0 Å². The van der Waals surface area contributed by atoms with Crippen LogP contribution in [0.5, 0.6) is 5.75 Å². The molecule has 0 atom stereocenters. The maximum absolute atomic E-state index is 13.6. The van der Waals surface area contributed by atoms with Crippen molar-refractivity contribution < 1.29 is 9.13 Å². The first kappa shape index (κ1) is 14.0. The molecule has 0 aliphatic heterocycles. The fraction of sp³-hybridized carbons (Fsp3) is 0.214. The third kappa shape index (κ3) is 4.01. The molecule has 100 valence electrons. The van der Waals surface area contributed by atoms with Gasteiger partial charge >= 0.3 is 0 Å². The summed E-state index contributed by atoms with van der Waals surface area (Å²) in [5.74, 6) is 0.344. The topological polar surface area (TPSA) is 34.1 Å². The van der Waals surface area contributed by atoms with Crippen LogP contribution in [0, 0.1) is 5.82 Å². The van der Waals surface area contributed by atoms with E-state index >= 15 is 0 Å². The zero-order valence-corrected chi connectivity index (χ0v) is 12.1. The maximum atomic E-state index is 13.6. The lowest BCUT2D eigenvalue weighted by molar-refractivity contribution is 0.298. The average Bonchev–Trinajstić information content (AvgIpc) is 2.40. The molecular formula is C14H14BrFN2O. The summed E-state index contributed by atoms with van der Waals surface area (Å²) in [5, 5.41) is 3.02. The van der Waals surface area contributed by atoms with E-state index in [4.69, 9.17) is 4.74 Å². The van der Waals surface area contributed by atoms with Crippen molar-refractivity contribution in [3.8, 4) is 5.75 Å². The Hall–Kier alpha value is -1.46. The Morgan fingerprint density at radius 2 is 2.16 bits per heavy atom. The van der Waals surface area contributed by atoms with Crippen molar-refractivity contribution in [3.05, 3.63) is 58.1 Å². The second-order valence-corrected chi connectivity index (χ2v) is 4.96. The number of halogens is 2. The predicted molar refractivity (Wildman–Crippen MR) is 75.4 cm³/mol. The number of benzene rings is 1. The second kappa shape index (κ2) is 6.63.